The first-order chi connectivity index (χ1) is 11.7. The number of nitrogens with zero attached hydrogens (tertiary/aromatic N) is 1. The Morgan fingerprint density at radius 3 is 2.42 bits per heavy atom. The third-order valence-corrected chi connectivity index (χ3v) is 6.21. The van der Waals surface area contributed by atoms with Gasteiger partial charge in [-0.1, -0.05) is 60.7 Å². The van der Waals surface area contributed by atoms with Crippen LogP contribution < -0.4 is 0 Å². The third-order valence-electron chi connectivity index (χ3n) is 6.21. The van der Waals surface area contributed by atoms with E-state index in [4.69, 9.17) is 0 Å². The lowest BCUT2D eigenvalue weighted by atomic mass is 9.38. The molecule has 0 saturated heterocycles. The molecule has 0 amide bonds. The van der Waals surface area contributed by atoms with E-state index in [9.17, 15) is 15.5 Å². The lowest BCUT2D eigenvalue weighted by molar-refractivity contribution is -0.0944. The fourth-order valence-corrected chi connectivity index (χ4v) is 5.30. The monoisotopic (exact) mass is 315 g/mol. The summed E-state index contributed by atoms with van der Waals surface area (Å²) in [5.41, 5.74) is 3.63. The Morgan fingerprint density at radius 2 is 1.62 bits per heavy atom. The number of hydrogen-bond donors (Lipinski definition) is 2. The van der Waals surface area contributed by atoms with Gasteiger partial charge in [0.1, 0.15) is 0 Å². The maximum Gasteiger partial charge on any atom is 0.0983 e. The summed E-state index contributed by atoms with van der Waals surface area (Å²) in [4.78, 5) is 0. The number of aliphatic hydroxyl groups excluding tert-OH is 2. The highest BCUT2D eigenvalue weighted by molar-refractivity contribution is 5.79. The highest BCUT2D eigenvalue weighted by Gasteiger charge is 2.68. The number of hydrogen-bond acceptors (Lipinski definition) is 3. The summed E-state index contributed by atoms with van der Waals surface area (Å²) >= 11 is 0. The molecule has 0 heterocycles. The van der Waals surface area contributed by atoms with Crippen LogP contribution in [0.1, 0.15) is 17.0 Å². The first-order valence-corrected chi connectivity index (χ1v) is 8.34. The lowest BCUT2D eigenvalue weighted by Gasteiger charge is -2.63. The Labute approximate surface area is 140 Å². The molecular weight excluding hydrogens is 298 g/mol. The van der Waals surface area contributed by atoms with Gasteiger partial charge in [0.15, 0.2) is 0 Å². The molecule has 2 aromatic carbocycles. The minimum absolute atomic E-state index is 0.0250. The molecule has 2 aromatic rings. The molecular formula is C21H17NO2. The summed E-state index contributed by atoms with van der Waals surface area (Å²) in [6.45, 7) is 0. The third kappa shape index (κ3) is 1.40. The molecule has 3 aliphatic rings. The molecule has 1 saturated carbocycles. The van der Waals surface area contributed by atoms with Crippen LogP contribution in [0.2, 0.25) is 0 Å². The van der Waals surface area contributed by atoms with Crippen LogP contribution in [0.15, 0.2) is 60.7 Å². The normalized spacial score (nSPS) is 38.0. The van der Waals surface area contributed by atoms with Crippen LogP contribution in [0.4, 0.5) is 0 Å². The van der Waals surface area contributed by atoms with Crippen LogP contribution >= 0.6 is 0 Å². The SMILES string of the molecule is N#C[C@@]12c3ccccc3-c3ccccc3[C@@H]1C1C=CC(O)C(O)C12. The van der Waals surface area contributed by atoms with Crippen molar-refractivity contribution < 1.29 is 10.2 Å². The van der Waals surface area contributed by atoms with Crippen LogP contribution in [-0.4, -0.2) is 22.4 Å². The Bertz CT molecular complexity index is 912. The molecule has 1 fully saturated rings. The summed E-state index contributed by atoms with van der Waals surface area (Å²) in [6.07, 6.45) is 1.86. The zero-order valence-corrected chi connectivity index (χ0v) is 13.0. The van der Waals surface area contributed by atoms with Gasteiger partial charge in [0.05, 0.1) is 23.7 Å². The zero-order chi connectivity index (χ0) is 16.5. The van der Waals surface area contributed by atoms with Gasteiger partial charge in [0.2, 0.25) is 0 Å². The van der Waals surface area contributed by atoms with Crippen molar-refractivity contribution in [2.45, 2.75) is 23.5 Å². The van der Waals surface area contributed by atoms with Crippen molar-refractivity contribution in [1.82, 2.24) is 0 Å². The number of aliphatic hydroxyl groups is 2. The molecule has 2 N–H and O–H groups in total. The van der Waals surface area contributed by atoms with Crippen molar-refractivity contribution in [2.24, 2.45) is 11.8 Å². The summed E-state index contributed by atoms with van der Waals surface area (Å²) < 4.78 is 0. The van der Waals surface area contributed by atoms with Crippen LogP contribution in [0.3, 0.4) is 0 Å². The highest BCUT2D eigenvalue weighted by atomic mass is 16.3. The molecule has 4 unspecified atom stereocenters. The van der Waals surface area contributed by atoms with Crippen molar-refractivity contribution in [1.29, 1.82) is 5.26 Å². The van der Waals surface area contributed by atoms with Gasteiger partial charge in [0.25, 0.3) is 0 Å². The first kappa shape index (κ1) is 14.0. The van der Waals surface area contributed by atoms with E-state index in [1.807, 2.05) is 36.4 Å². The standard InChI is InChI=1S/C21H17NO2/c22-11-21-16-8-4-3-6-13(16)12-5-1-2-7-14(12)18(21)15-9-10-17(23)20(24)19(15)21/h1-10,15,17-20,23-24H/t15?,17?,18-,19?,20?,21-/m1/s1. The van der Waals surface area contributed by atoms with Crippen LogP contribution in [0, 0.1) is 23.2 Å². The number of allylic oxidation sites excluding steroid dienone is 1. The van der Waals surface area contributed by atoms with Crippen LogP contribution in [0.5, 0.6) is 0 Å². The second kappa shape index (κ2) is 4.57. The van der Waals surface area contributed by atoms with Crippen molar-refractivity contribution in [3.05, 3.63) is 71.8 Å². The number of fused-ring (bicyclic) bond motifs is 9. The Morgan fingerprint density at radius 1 is 0.917 bits per heavy atom. The van der Waals surface area contributed by atoms with Crippen molar-refractivity contribution in [3.8, 4) is 17.2 Å². The molecule has 0 aromatic heterocycles. The number of nitriles is 1. The zero-order valence-electron chi connectivity index (χ0n) is 13.0. The molecule has 3 nitrogen and oxygen atoms in total. The van der Waals surface area contributed by atoms with E-state index in [0.717, 1.165) is 11.1 Å². The molecule has 24 heavy (non-hydrogen) atoms. The molecule has 3 heteroatoms. The Balaban J connectivity index is 1.84. The molecule has 0 spiro atoms. The van der Waals surface area contributed by atoms with Gasteiger partial charge in [0, 0.05) is 11.8 Å². The predicted molar refractivity (Wildman–Crippen MR) is 90.0 cm³/mol. The van der Waals surface area contributed by atoms with Gasteiger partial charge in [-0.2, -0.15) is 5.26 Å². The van der Waals surface area contributed by atoms with Gasteiger partial charge in [-0.05, 0) is 28.2 Å². The maximum atomic E-state index is 10.6. The predicted octanol–water partition coefficient (Wildman–Crippen LogP) is 2.75. The van der Waals surface area contributed by atoms with E-state index in [-0.39, 0.29) is 17.8 Å². The first-order valence-electron chi connectivity index (χ1n) is 8.34. The Hall–Kier alpha value is -2.41. The van der Waals surface area contributed by atoms with Gasteiger partial charge < -0.3 is 10.2 Å². The summed E-state index contributed by atoms with van der Waals surface area (Å²) in [6, 6.07) is 18.8. The number of benzene rings is 2. The lowest BCUT2D eigenvalue weighted by Crippen LogP contribution is -2.65. The molecule has 0 bridgehead atoms. The fraction of sp³-hybridized carbons (Fsp3) is 0.286. The average molecular weight is 315 g/mol. The minimum atomic E-state index is -0.908. The molecule has 0 radical (unpaired) electrons. The molecule has 5 rings (SSSR count). The smallest absolute Gasteiger partial charge is 0.0983 e. The topological polar surface area (TPSA) is 64.2 Å². The van der Waals surface area contributed by atoms with Crippen molar-refractivity contribution >= 4 is 0 Å². The molecule has 118 valence electrons. The second-order valence-corrected chi connectivity index (χ2v) is 7.06. The van der Waals surface area contributed by atoms with Crippen molar-refractivity contribution in [3.63, 3.8) is 0 Å². The summed E-state index contributed by atoms with van der Waals surface area (Å²) in [5.74, 6) is -0.170. The maximum absolute atomic E-state index is 10.6. The van der Waals surface area contributed by atoms with Crippen molar-refractivity contribution in [2.75, 3.05) is 0 Å². The second-order valence-electron chi connectivity index (χ2n) is 7.06. The number of rotatable bonds is 0. The van der Waals surface area contributed by atoms with Gasteiger partial charge in [-0.3, -0.25) is 0 Å². The molecule has 3 aliphatic carbocycles. The average Bonchev–Trinajstić information content (AvgIpc) is 2.60. The van der Waals surface area contributed by atoms with Crippen LogP contribution in [0.25, 0.3) is 11.1 Å². The summed E-state index contributed by atoms with van der Waals surface area (Å²) in [7, 11) is 0. The quantitative estimate of drug-likeness (QED) is 0.735. The van der Waals surface area contributed by atoms with Gasteiger partial charge in [-0.25, -0.2) is 0 Å². The van der Waals surface area contributed by atoms with Gasteiger partial charge in [-0.15, -0.1) is 0 Å². The minimum Gasteiger partial charge on any atom is -0.390 e. The molecule has 6 atom stereocenters. The van der Waals surface area contributed by atoms with E-state index in [0.29, 0.717) is 0 Å². The summed E-state index contributed by atoms with van der Waals surface area (Å²) in [5, 5.41) is 30.9. The van der Waals surface area contributed by atoms with Crippen LogP contribution in [-0.2, 0) is 5.41 Å². The van der Waals surface area contributed by atoms with E-state index >= 15 is 0 Å². The van der Waals surface area contributed by atoms with Gasteiger partial charge >= 0.3 is 0 Å². The van der Waals surface area contributed by atoms with E-state index in [1.165, 1.54) is 11.1 Å². The highest BCUT2D eigenvalue weighted by Crippen LogP contribution is 2.69. The fourth-order valence-electron chi connectivity index (χ4n) is 5.30. The largest absolute Gasteiger partial charge is 0.390 e. The van der Waals surface area contributed by atoms with E-state index in [2.05, 4.69) is 24.3 Å². The Kier molecular flexibility index (Phi) is 2.66. The van der Waals surface area contributed by atoms with E-state index in [1.54, 1.807) is 6.08 Å². The molecule has 0 aliphatic heterocycles. The van der Waals surface area contributed by atoms with E-state index < -0.39 is 17.6 Å².